The molecule has 0 atom stereocenters. The van der Waals surface area contributed by atoms with Crippen LogP contribution in [0.4, 0.5) is 0 Å². The Morgan fingerprint density at radius 2 is 2.13 bits per heavy atom. The maximum atomic E-state index is 11.9. The number of likely N-dealkylation sites (N-methyl/N-ethyl adjacent to an activating group) is 1. The third-order valence-electron chi connectivity index (χ3n) is 2.91. The topological polar surface area (TPSA) is 25.2 Å². The predicted octanol–water partition coefficient (Wildman–Crippen LogP) is 0.699. The van der Waals surface area contributed by atoms with Gasteiger partial charge in [-0.25, -0.2) is 0 Å². The molecule has 0 aromatic carbocycles. The number of aromatic nitrogens is 1. The molecule has 82 valence electrons. The number of aryl methyl sites for hydroxylation is 1. The molecule has 3 nitrogen and oxygen atoms in total. The van der Waals surface area contributed by atoms with Crippen molar-refractivity contribution in [2.45, 2.75) is 20.3 Å². The van der Waals surface area contributed by atoms with Crippen molar-refractivity contribution in [3.05, 3.63) is 26.4 Å². The molecular formula is C11H16N2OSe. The zero-order valence-electron chi connectivity index (χ0n) is 9.41. The van der Waals surface area contributed by atoms with Gasteiger partial charge in [0.25, 0.3) is 0 Å². The standard InChI is InChI=1S/C11H16N2OSe/c1-8-9(2)15-13(11(8)14)10-4-6-12(3)7-5-10/h4H,5-7H2,1-3H3. The summed E-state index contributed by atoms with van der Waals surface area (Å²) in [7, 11) is 2.11. The Morgan fingerprint density at radius 1 is 1.40 bits per heavy atom. The van der Waals surface area contributed by atoms with Crippen LogP contribution in [-0.4, -0.2) is 43.3 Å². The number of hydrogen-bond acceptors (Lipinski definition) is 2. The molecule has 2 heterocycles. The second-order valence-corrected chi connectivity index (χ2v) is 6.51. The molecule has 0 fully saturated rings. The molecule has 0 N–H and O–H groups in total. The molecule has 1 aliphatic heterocycles. The van der Waals surface area contributed by atoms with Crippen molar-refractivity contribution in [3.8, 4) is 0 Å². The van der Waals surface area contributed by atoms with Gasteiger partial charge in [-0.3, -0.25) is 0 Å². The van der Waals surface area contributed by atoms with E-state index in [2.05, 4.69) is 24.9 Å². The van der Waals surface area contributed by atoms with Gasteiger partial charge in [0.05, 0.1) is 0 Å². The monoisotopic (exact) mass is 272 g/mol. The van der Waals surface area contributed by atoms with Crippen molar-refractivity contribution < 1.29 is 0 Å². The van der Waals surface area contributed by atoms with E-state index in [9.17, 15) is 4.79 Å². The summed E-state index contributed by atoms with van der Waals surface area (Å²) in [6, 6.07) is 0. The van der Waals surface area contributed by atoms with Crippen LogP contribution in [0.3, 0.4) is 0 Å². The van der Waals surface area contributed by atoms with Crippen molar-refractivity contribution in [3.63, 3.8) is 0 Å². The minimum absolute atomic E-state index is 0.211. The van der Waals surface area contributed by atoms with E-state index >= 15 is 0 Å². The van der Waals surface area contributed by atoms with Crippen molar-refractivity contribution in [2.24, 2.45) is 0 Å². The van der Waals surface area contributed by atoms with E-state index in [-0.39, 0.29) is 20.3 Å². The van der Waals surface area contributed by atoms with E-state index in [1.54, 1.807) is 0 Å². The van der Waals surface area contributed by atoms with Crippen LogP contribution >= 0.6 is 0 Å². The molecule has 0 saturated carbocycles. The Hall–Kier alpha value is -0.571. The molecule has 15 heavy (non-hydrogen) atoms. The maximum absolute atomic E-state index is 11.9. The summed E-state index contributed by atoms with van der Waals surface area (Å²) in [4.78, 5) is 14.2. The summed E-state index contributed by atoms with van der Waals surface area (Å²) in [6.45, 7) is 6.04. The molecule has 0 amide bonds. The summed E-state index contributed by atoms with van der Waals surface area (Å²) in [5, 5.41) is 0. The van der Waals surface area contributed by atoms with Crippen LogP contribution in [0.1, 0.15) is 16.4 Å². The Balaban J connectivity index is 2.39. The SMILES string of the molecule is Cc1[se]n(C2=CCN(C)CC2)c(=O)c1C. The molecule has 1 aliphatic rings. The summed E-state index contributed by atoms with van der Waals surface area (Å²) < 4.78 is 3.26. The Bertz CT molecular complexity index is 456. The van der Waals surface area contributed by atoms with Gasteiger partial charge in [0.15, 0.2) is 0 Å². The second-order valence-electron chi connectivity index (χ2n) is 4.08. The zero-order valence-corrected chi connectivity index (χ0v) is 11.1. The molecule has 0 radical (unpaired) electrons. The molecule has 1 aromatic rings. The van der Waals surface area contributed by atoms with Gasteiger partial charge in [-0.1, -0.05) is 0 Å². The Labute approximate surface area is 96.0 Å². The van der Waals surface area contributed by atoms with Crippen LogP contribution in [0.2, 0.25) is 0 Å². The average Bonchev–Trinajstić information content (AvgIpc) is 2.47. The fraction of sp³-hybridized carbons (Fsp3) is 0.545. The minimum atomic E-state index is 0.211. The van der Waals surface area contributed by atoms with Crippen molar-refractivity contribution in [1.29, 1.82) is 0 Å². The first kappa shape index (κ1) is 10.9. The van der Waals surface area contributed by atoms with E-state index in [4.69, 9.17) is 0 Å². The van der Waals surface area contributed by atoms with Gasteiger partial charge in [0.2, 0.25) is 0 Å². The van der Waals surface area contributed by atoms with Crippen molar-refractivity contribution >= 4 is 20.4 Å². The van der Waals surface area contributed by atoms with Crippen LogP contribution in [0.15, 0.2) is 10.9 Å². The summed E-state index contributed by atoms with van der Waals surface area (Å²) in [5.41, 5.74) is 2.41. The summed E-state index contributed by atoms with van der Waals surface area (Å²) >= 11 is 0.211. The summed E-state index contributed by atoms with van der Waals surface area (Å²) in [5.74, 6) is 0. The predicted molar refractivity (Wildman–Crippen MR) is 63.5 cm³/mol. The van der Waals surface area contributed by atoms with Gasteiger partial charge >= 0.3 is 95.7 Å². The van der Waals surface area contributed by atoms with Crippen LogP contribution in [0, 0.1) is 13.8 Å². The van der Waals surface area contributed by atoms with E-state index in [1.165, 1.54) is 10.1 Å². The normalized spacial score (nSPS) is 17.9. The fourth-order valence-corrected chi connectivity index (χ4v) is 3.78. The molecule has 0 bridgehead atoms. The third-order valence-corrected chi connectivity index (χ3v) is 5.35. The van der Waals surface area contributed by atoms with Crippen LogP contribution in [0.25, 0.3) is 5.70 Å². The first-order valence-electron chi connectivity index (χ1n) is 5.17. The van der Waals surface area contributed by atoms with Crippen LogP contribution in [0.5, 0.6) is 0 Å². The van der Waals surface area contributed by atoms with Crippen LogP contribution in [-0.2, 0) is 0 Å². The first-order valence-corrected chi connectivity index (χ1v) is 6.79. The molecule has 4 heteroatoms. The summed E-state index contributed by atoms with van der Waals surface area (Å²) in [6.07, 6.45) is 3.19. The quantitative estimate of drug-likeness (QED) is 0.702. The number of nitrogens with zero attached hydrogens (tertiary/aromatic N) is 2. The molecule has 0 saturated heterocycles. The number of hydrogen-bond donors (Lipinski definition) is 0. The van der Waals surface area contributed by atoms with Crippen molar-refractivity contribution in [2.75, 3.05) is 20.1 Å². The van der Waals surface area contributed by atoms with Gasteiger partial charge in [-0.05, 0) is 0 Å². The van der Waals surface area contributed by atoms with Gasteiger partial charge in [0, 0.05) is 0 Å². The molecule has 0 unspecified atom stereocenters. The Morgan fingerprint density at radius 3 is 2.60 bits per heavy atom. The van der Waals surface area contributed by atoms with E-state index in [0.29, 0.717) is 0 Å². The molecule has 0 spiro atoms. The van der Waals surface area contributed by atoms with Gasteiger partial charge < -0.3 is 0 Å². The first-order chi connectivity index (χ1) is 7.09. The fourth-order valence-electron chi connectivity index (χ4n) is 1.68. The third kappa shape index (κ3) is 2.03. The molecular weight excluding hydrogens is 255 g/mol. The van der Waals surface area contributed by atoms with E-state index in [0.717, 1.165) is 25.1 Å². The van der Waals surface area contributed by atoms with Gasteiger partial charge in [-0.2, -0.15) is 0 Å². The molecule has 2 rings (SSSR count). The van der Waals surface area contributed by atoms with E-state index < -0.39 is 0 Å². The average molecular weight is 271 g/mol. The van der Waals surface area contributed by atoms with Gasteiger partial charge in [0.1, 0.15) is 0 Å². The molecule has 0 aliphatic carbocycles. The zero-order chi connectivity index (χ0) is 11.0. The van der Waals surface area contributed by atoms with Gasteiger partial charge in [-0.15, -0.1) is 0 Å². The van der Waals surface area contributed by atoms with Crippen LogP contribution < -0.4 is 5.56 Å². The number of rotatable bonds is 1. The van der Waals surface area contributed by atoms with Crippen molar-refractivity contribution in [1.82, 2.24) is 8.46 Å². The second kappa shape index (κ2) is 4.12. The Kier molecular flexibility index (Phi) is 3.01. The molecule has 1 aromatic heterocycles. The van der Waals surface area contributed by atoms with E-state index in [1.807, 2.05) is 10.5 Å².